The first-order chi connectivity index (χ1) is 13.1. The number of aliphatic imine (C=N–C) groups is 1. The second-order valence-electron chi connectivity index (χ2n) is 6.62. The van der Waals surface area contributed by atoms with Crippen LogP contribution in [0.1, 0.15) is 56.7 Å². The standard InChI is InChI=1S/C25H31NO/c1-6-9-23(21-14-16-24(27-5)17-15-21)18-26-25(19(4)7-2)22-12-10-20(8-3)11-13-22/h10-18H,4,6-9H2,1-3,5H3/b23-18+,26-25?. The first-order valence-electron chi connectivity index (χ1n) is 9.81. The van der Waals surface area contributed by atoms with Gasteiger partial charge in [0.2, 0.25) is 0 Å². The van der Waals surface area contributed by atoms with Gasteiger partial charge in [-0.2, -0.15) is 0 Å². The van der Waals surface area contributed by atoms with Gasteiger partial charge < -0.3 is 4.74 Å². The van der Waals surface area contributed by atoms with Crippen LogP contribution in [-0.4, -0.2) is 12.8 Å². The lowest BCUT2D eigenvalue weighted by atomic mass is 9.99. The number of benzene rings is 2. The minimum atomic E-state index is 0.870. The Labute approximate surface area is 164 Å². The van der Waals surface area contributed by atoms with Gasteiger partial charge >= 0.3 is 0 Å². The van der Waals surface area contributed by atoms with Gasteiger partial charge in [-0.3, -0.25) is 4.99 Å². The van der Waals surface area contributed by atoms with E-state index in [4.69, 9.17) is 9.73 Å². The van der Waals surface area contributed by atoms with E-state index in [1.165, 1.54) is 16.7 Å². The largest absolute Gasteiger partial charge is 0.497 e. The fourth-order valence-electron chi connectivity index (χ4n) is 2.94. The molecule has 2 aromatic rings. The van der Waals surface area contributed by atoms with Crippen LogP contribution in [0.15, 0.2) is 71.9 Å². The van der Waals surface area contributed by atoms with Crippen molar-refractivity contribution in [3.05, 3.63) is 83.6 Å². The van der Waals surface area contributed by atoms with Crippen molar-refractivity contribution in [3.8, 4) is 5.75 Å². The highest BCUT2D eigenvalue weighted by molar-refractivity contribution is 6.12. The van der Waals surface area contributed by atoms with Crippen LogP contribution in [-0.2, 0) is 6.42 Å². The Bertz CT molecular complexity index is 795. The van der Waals surface area contributed by atoms with Crippen LogP contribution in [0.2, 0.25) is 0 Å². The lowest BCUT2D eigenvalue weighted by Gasteiger charge is -2.10. The maximum atomic E-state index is 5.27. The average molecular weight is 362 g/mol. The Kier molecular flexibility index (Phi) is 8.06. The zero-order valence-corrected chi connectivity index (χ0v) is 17.1. The molecule has 0 heterocycles. The van der Waals surface area contributed by atoms with Crippen LogP contribution in [0.5, 0.6) is 5.75 Å². The van der Waals surface area contributed by atoms with Gasteiger partial charge in [-0.05, 0) is 53.7 Å². The fraction of sp³-hybridized carbons (Fsp3) is 0.320. The van der Waals surface area contributed by atoms with Crippen LogP contribution in [0.4, 0.5) is 0 Å². The van der Waals surface area contributed by atoms with Crippen LogP contribution >= 0.6 is 0 Å². The third kappa shape index (κ3) is 5.68. The minimum absolute atomic E-state index is 0.870. The van der Waals surface area contributed by atoms with Crippen LogP contribution in [0.3, 0.4) is 0 Å². The molecule has 0 aliphatic carbocycles. The van der Waals surface area contributed by atoms with E-state index in [-0.39, 0.29) is 0 Å². The molecule has 0 amide bonds. The Balaban J connectivity index is 2.42. The normalized spacial score (nSPS) is 12.1. The molecule has 0 N–H and O–H groups in total. The summed E-state index contributed by atoms with van der Waals surface area (Å²) in [6, 6.07) is 16.8. The van der Waals surface area contributed by atoms with Crippen molar-refractivity contribution in [2.75, 3.05) is 7.11 Å². The number of hydrogen-bond donors (Lipinski definition) is 0. The number of rotatable bonds is 9. The van der Waals surface area contributed by atoms with Crippen LogP contribution in [0.25, 0.3) is 5.57 Å². The number of methoxy groups -OCH3 is 1. The molecule has 27 heavy (non-hydrogen) atoms. The molecule has 142 valence electrons. The zero-order chi connectivity index (χ0) is 19.6. The van der Waals surface area contributed by atoms with Gasteiger partial charge in [0, 0.05) is 11.8 Å². The number of allylic oxidation sites excluding steroid dienone is 2. The highest BCUT2D eigenvalue weighted by atomic mass is 16.5. The van der Waals surface area contributed by atoms with Crippen molar-refractivity contribution in [2.24, 2.45) is 4.99 Å². The molecule has 0 aromatic heterocycles. The summed E-state index contributed by atoms with van der Waals surface area (Å²) in [5, 5.41) is 0. The maximum Gasteiger partial charge on any atom is 0.118 e. The molecule has 0 unspecified atom stereocenters. The first-order valence-corrected chi connectivity index (χ1v) is 9.81. The smallest absolute Gasteiger partial charge is 0.118 e. The third-order valence-corrected chi connectivity index (χ3v) is 4.73. The van der Waals surface area contributed by atoms with Gasteiger partial charge in [0.25, 0.3) is 0 Å². The molecular weight excluding hydrogens is 330 g/mol. The third-order valence-electron chi connectivity index (χ3n) is 4.73. The summed E-state index contributed by atoms with van der Waals surface area (Å²) in [4.78, 5) is 4.88. The second kappa shape index (κ2) is 10.5. The summed E-state index contributed by atoms with van der Waals surface area (Å²) in [5.74, 6) is 0.870. The fourth-order valence-corrected chi connectivity index (χ4v) is 2.94. The lowest BCUT2D eigenvalue weighted by molar-refractivity contribution is 0.415. The molecule has 2 heteroatoms. The van der Waals surface area contributed by atoms with Crippen molar-refractivity contribution >= 4 is 11.3 Å². The van der Waals surface area contributed by atoms with Crippen molar-refractivity contribution in [1.29, 1.82) is 0 Å². The van der Waals surface area contributed by atoms with E-state index < -0.39 is 0 Å². The van der Waals surface area contributed by atoms with E-state index in [0.717, 1.165) is 48.3 Å². The summed E-state index contributed by atoms with van der Waals surface area (Å²) in [5.41, 5.74) is 6.90. The molecule has 2 aromatic carbocycles. The van der Waals surface area contributed by atoms with Crippen molar-refractivity contribution in [1.82, 2.24) is 0 Å². The summed E-state index contributed by atoms with van der Waals surface area (Å²) < 4.78 is 5.27. The van der Waals surface area contributed by atoms with Crippen LogP contribution in [0, 0.1) is 0 Å². The molecule has 2 rings (SSSR count). The summed E-state index contributed by atoms with van der Waals surface area (Å²) >= 11 is 0. The maximum absolute atomic E-state index is 5.27. The van der Waals surface area contributed by atoms with E-state index in [2.05, 4.69) is 63.7 Å². The topological polar surface area (TPSA) is 21.6 Å². The Morgan fingerprint density at radius 2 is 1.59 bits per heavy atom. The highest BCUT2D eigenvalue weighted by Gasteiger charge is 2.07. The number of nitrogens with zero attached hydrogens (tertiary/aromatic N) is 1. The molecule has 0 bridgehead atoms. The second-order valence-corrected chi connectivity index (χ2v) is 6.62. The summed E-state index contributed by atoms with van der Waals surface area (Å²) in [7, 11) is 1.69. The molecule has 0 fully saturated rings. The van der Waals surface area contributed by atoms with E-state index in [0.29, 0.717) is 0 Å². The van der Waals surface area contributed by atoms with E-state index in [9.17, 15) is 0 Å². The van der Waals surface area contributed by atoms with E-state index >= 15 is 0 Å². The van der Waals surface area contributed by atoms with Gasteiger partial charge in [0.15, 0.2) is 0 Å². The SMILES string of the molecule is C=C(CC)C(=N/C=C(\CCC)c1ccc(OC)cc1)c1ccc(CC)cc1. The van der Waals surface area contributed by atoms with E-state index in [1.54, 1.807) is 7.11 Å². The Hall–Kier alpha value is -2.61. The Morgan fingerprint density at radius 1 is 0.963 bits per heavy atom. The number of hydrogen-bond acceptors (Lipinski definition) is 2. The zero-order valence-electron chi connectivity index (χ0n) is 17.1. The van der Waals surface area contributed by atoms with Crippen molar-refractivity contribution in [2.45, 2.75) is 46.5 Å². The molecule has 0 radical (unpaired) electrons. The predicted octanol–water partition coefficient (Wildman–Crippen LogP) is 6.85. The molecule has 0 aliphatic rings. The first kappa shape index (κ1) is 20.7. The van der Waals surface area contributed by atoms with Gasteiger partial charge in [0.05, 0.1) is 12.8 Å². The predicted molar refractivity (Wildman–Crippen MR) is 118 cm³/mol. The minimum Gasteiger partial charge on any atom is -0.497 e. The molecule has 0 saturated carbocycles. The quantitative estimate of drug-likeness (QED) is 0.447. The molecule has 0 saturated heterocycles. The molecule has 2 nitrogen and oxygen atoms in total. The molecular formula is C25H31NO. The molecule has 0 aliphatic heterocycles. The molecule has 0 atom stereocenters. The van der Waals surface area contributed by atoms with Crippen LogP contribution < -0.4 is 4.74 Å². The summed E-state index contributed by atoms with van der Waals surface area (Å²) in [6.45, 7) is 10.7. The van der Waals surface area contributed by atoms with Gasteiger partial charge in [0.1, 0.15) is 5.75 Å². The highest BCUT2D eigenvalue weighted by Crippen LogP contribution is 2.23. The summed E-state index contributed by atoms with van der Waals surface area (Å²) in [6.07, 6.45) is 5.99. The number of aryl methyl sites for hydroxylation is 1. The van der Waals surface area contributed by atoms with Crippen molar-refractivity contribution < 1.29 is 4.74 Å². The van der Waals surface area contributed by atoms with Gasteiger partial charge in [-0.1, -0.05) is 70.2 Å². The van der Waals surface area contributed by atoms with E-state index in [1.807, 2.05) is 18.3 Å². The average Bonchev–Trinajstić information content (AvgIpc) is 2.73. The molecule has 0 spiro atoms. The Morgan fingerprint density at radius 3 is 2.11 bits per heavy atom. The monoisotopic (exact) mass is 361 g/mol. The van der Waals surface area contributed by atoms with Gasteiger partial charge in [-0.15, -0.1) is 0 Å². The van der Waals surface area contributed by atoms with Gasteiger partial charge in [-0.25, -0.2) is 0 Å². The number of ether oxygens (including phenoxy) is 1. The lowest BCUT2D eigenvalue weighted by Crippen LogP contribution is -2.03. The van der Waals surface area contributed by atoms with Crippen molar-refractivity contribution in [3.63, 3.8) is 0 Å².